The van der Waals surface area contributed by atoms with Gasteiger partial charge >= 0.3 is 0 Å². The summed E-state index contributed by atoms with van der Waals surface area (Å²) >= 11 is 3.48. The topological polar surface area (TPSA) is 25.8 Å². The van der Waals surface area contributed by atoms with Gasteiger partial charge in [-0.1, -0.05) is 13.8 Å². The van der Waals surface area contributed by atoms with Crippen LogP contribution in [-0.4, -0.2) is 9.97 Å². The molecule has 0 aromatic carbocycles. The maximum absolute atomic E-state index is 4.67. The summed E-state index contributed by atoms with van der Waals surface area (Å²) in [5.74, 6) is 0.572. The number of thiazole rings is 2. The fourth-order valence-corrected chi connectivity index (χ4v) is 3.24. The van der Waals surface area contributed by atoms with Crippen molar-refractivity contribution < 1.29 is 0 Å². The second kappa shape index (κ2) is 5.06. The fraction of sp³-hybridized carbons (Fsp3) is 0.500. The van der Waals surface area contributed by atoms with Crippen molar-refractivity contribution in [3.05, 3.63) is 32.2 Å². The van der Waals surface area contributed by atoms with Gasteiger partial charge in [0, 0.05) is 16.5 Å². The Kier molecular flexibility index (Phi) is 3.71. The van der Waals surface area contributed by atoms with Crippen LogP contribution in [0.15, 0.2) is 10.8 Å². The van der Waals surface area contributed by atoms with Crippen LogP contribution in [0.5, 0.6) is 0 Å². The average molecular weight is 252 g/mol. The van der Waals surface area contributed by atoms with Crippen molar-refractivity contribution in [2.24, 2.45) is 0 Å². The van der Waals surface area contributed by atoms with Gasteiger partial charge in [-0.05, 0) is 19.3 Å². The average Bonchev–Trinajstić information content (AvgIpc) is 2.87. The fourth-order valence-electron chi connectivity index (χ4n) is 1.46. The van der Waals surface area contributed by atoms with Gasteiger partial charge in [-0.2, -0.15) is 0 Å². The number of hydrogen-bond acceptors (Lipinski definition) is 4. The number of aryl methyl sites for hydroxylation is 1. The molecule has 0 saturated carbocycles. The van der Waals surface area contributed by atoms with Crippen LogP contribution < -0.4 is 0 Å². The first-order chi connectivity index (χ1) is 7.69. The maximum atomic E-state index is 4.67. The zero-order chi connectivity index (χ0) is 11.5. The quantitative estimate of drug-likeness (QED) is 0.821. The van der Waals surface area contributed by atoms with Crippen molar-refractivity contribution in [1.29, 1.82) is 0 Å². The molecule has 2 aromatic heterocycles. The van der Waals surface area contributed by atoms with Crippen molar-refractivity contribution in [3.63, 3.8) is 0 Å². The van der Waals surface area contributed by atoms with Crippen LogP contribution in [0.25, 0.3) is 0 Å². The highest BCUT2D eigenvalue weighted by atomic mass is 32.1. The van der Waals surface area contributed by atoms with Crippen molar-refractivity contribution in [3.8, 4) is 0 Å². The van der Waals surface area contributed by atoms with E-state index in [1.54, 1.807) is 22.7 Å². The molecule has 0 N–H and O–H groups in total. The first-order valence-corrected chi connectivity index (χ1v) is 7.30. The summed E-state index contributed by atoms with van der Waals surface area (Å²) in [6.07, 6.45) is 2.04. The van der Waals surface area contributed by atoms with Crippen LogP contribution >= 0.6 is 22.7 Å². The second-order valence-electron chi connectivity index (χ2n) is 4.03. The summed E-state index contributed by atoms with van der Waals surface area (Å²) in [4.78, 5) is 9.14. The Morgan fingerprint density at radius 3 is 2.50 bits per heavy atom. The lowest BCUT2D eigenvalue weighted by Crippen LogP contribution is -1.93. The third kappa shape index (κ3) is 2.68. The first kappa shape index (κ1) is 11.7. The molecule has 0 bridgehead atoms. The Morgan fingerprint density at radius 2 is 1.88 bits per heavy atom. The van der Waals surface area contributed by atoms with E-state index in [9.17, 15) is 0 Å². The minimum Gasteiger partial charge on any atom is -0.246 e. The zero-order valence-electron chi connectivity index (χ0n) is 9.86. The predicted molar refractivity (Wildman–Crippen MR) is 70.5 cm³/mol. The summed E-state index contributed by atoms with van der Waals surface area (Å²) in [6, 6.07) is 0. The van der Waals surface area contributed by atoms with Crippen LogP contribution in [0.1, 0.15) is 47.6 Å². The van der Waals surface area contributed by atoms with Gasteiger partial charge in [-0.25, -0.2) is 9.97 Å². The van der Waals surface area contributed by atoms with Gasteiger partial charge < -0.3 is 0 Å². The second-order valence-corrected chi connectivity index (χ2v) is 5.92. The molecule has 0 aliphatic heterocycles. The van der Waals surface area contributed by atoms with E-state index in [2.05, 4.69) is 34.6 Å². The van der Waals surface area contributed by atoms with Gasteiger partial charge in [-0.3, -0.25) is 0 Å². The van der Waals surface area contributed by atoms with Gasteiger partial charge in [-0.15, -0.1) is 22.7 Å². The van der Waals surface area contributed by atoms with Crippen LogP contribution in [-0.2, 0) is 6.42 Å². The smallest absolute Gasteiger partial charge is 0.0996 e. The Hall–Kier alpha value is -0.740. The highest BCUT2D eigenvalue weighted by Gasteiger charge is 2.09. The minimum absolute atomic E-state index is 0.572. The summed E-state index contributed by atoms with van der Waals surface area (Å²) in [5.41, 5.74) is 2.34. The van der Waals surface area contributed by atoms with E-state index in [4.69, 9.17) is 0 Å². The molecule has 0 aliphatic carbocycles. The molecule has 0 amide bonds. The lowest BCUT2D eigenvalue weighted by molar-refractivity contribution is 0.710. The van der Waals surface area contributed by atoms with Crippen molar-refractivity contribution in [2.75, 3.05) is 0 Å². The molecule has 1 atom stereocenters. The van der Waals surface area contributed by atoms with E-state index in [1.165, 1.54) is 15.7 Å². The van der Waals surface area contributed by atoms with Gasteiger partial charge in [0.05, 0.1) is 22.1 Å². The van der Waals surface area contributed by atoms with Crippen molar-refractivity contribution in [2.45, 2.75) is 39.5 Å². The predicted octanol–water partition coefficient (Wildman–Crippen LogP) is 4.01. The Bertz CT molecular complexity index is 459. The third-order valence-corrected chi connectivity index (χ3v) is 4.49. The molecule has 0 saturated heterocycles. The molecule has 16 heavy (non-hydrogen) atoms. The molecule has 2 rings (SSSR count). The zero-order valence-corrected chi connectivity index (χ0v) is 11.5. The number of rotatable bonds is 4. The molecule has 4 heteroatoms. The Labute approximate surface area is 104 Å². The normalized spacial score (nSPS) is 12.9. The van der Waals surface area contributed by atoms with Crippen LogP contribution in [0.3, 0.4) is 0 Å². The molecule has 0 aliphatic rings. The minimum atomic E-state index is 0.572. The standard InChI is InChI=1S/C12H16N2S2/c1-4-8(2)10-7-16-12(14-10)5-11-13-9(3)6-15-11/h6-8H,4-5H2,1-3H3. The molecule has 2 aromatic rings. The van der Waals surface area contributed by atoms with Gasteiger partial charge in [0.25, 0.3) is 0 Å². The highest BCUT2D eigenvalue weighted by molar-refractivity contribution is 7.11. The molecule has 2 heterocycles. The lowest BCUT2D eigenvalue weighted by atomic mass is 10.1. The molecule has 2 nitrogen and oxygen atoms in total. The molecule has 1 unspecified atom stereocenters. The van der Waals surface area contributed by atoms with E-state index in [0.717, 1.165) is 18.5 Å². The number of nitrogens with zero attached hydrogens (tertiary/aromatic N) is 2. The van der Waals surface area contributed by atoms with Gasteiger partial charge in [0.1, 0.15) is 0 Å². The molecular weight excluding hydrogens is 236 g/mol. The molecule has 0 spiro atoms. The number of aromatic nitrogens is 2. The summed E-state index contributed by atoms with van der Waals surface area (Å²) in [5, 5.41) is 6.63. The van der Waals surface area contributed by atoms with E-state index >= 15 is 0 Å². The van der Waals surface area contributed by atoms with Crippen LogP contribution in [0.2, 0.25) is 0 Å². The maximum Gasteiger partial charge on any atom is 0.0996 e. The van der Waals surface area contributed by atoms with Crippen molar-refractivity contribution in [1.82, 2.24) is 9.97 Å². The highest BCUT2D eigenvalue weighted by Crippen LogP contribution is 2.23. The summed E-state index contributed by atoms with van der Waals surface area (Å²) in [6.45, 7) is 6.46. The van der Waals surface area contributed by atoms with Gasteiger partial charge in [0.2, 0.25) is 0 Å². The third-order valence-electron chi connectivity index (χ3n) is 2.66. The molecule has 0 fully saturated rings. The molecule has 86 valence electrons. The monoisotopic (exact) mass is 252 g/mol. The molecular formula is C12H16N2S2. The molecule has 0 radical (unpaired) electrons. The van der Waals surface area contributed by atoms with E-state index < -0.39 is 0 Å². The van der Waals surface area contributed by atoms with E-state index in [1.807, 2.05) is 6.92 Å². The largest absolute Gasteiger partial charge is 0.246 e. The van der Waals surface area contributed by atoms with E-state index in [-0.39, 0.29) is 0 Å². The van der Waals surface area contributed by atoms with Crippen LogP contribution in [0.4, 0.5) is 0 Å². The first-order valence-electron chi connectivity index (χ1n) is 5.54. The van der Waals surface area contributed by atoms with Crippen LogP contribution in [0, 0.1) is 6.92 Å². The van der Waals surface area contributed by atoms with E-state index in [0.29, 0.717) is 5.92 Å². The summed E-state index contributed by atoms with van der Waals surface area (Å²) < 4.78 is 0. The Morgan fingerprint density at radius 1 is 1.19 bits per heavy atom. The van der Waals surface area contributed by atoms with Crippen molar-refractivity contribution >= 4 is 22.7 Å². The lowest BCUT2D eigenvalue weighted by Gasteiger charge is -2.02. The SMILES string of the molecule is CCC(C)c1csc(Cc2nc(C)cs2)n1. The summed E-state index contributed by atoms with van der Waals surface area (Å²) in [7, 11) is 0. The Balaban J connectivity index is 2.08. The van der Waals surface area contributed by atoms with Gasteiger partial charge in [0.15, 0.2) is 0 Å². The number of hydrogen-bond donors (Lipinski definition) is 0.